The lowest BCUT2D eigenvalue weighted by molar-refractivity contribution is -0.179. The number of allylic oxidation sites excluding steroid dienone is 2. The Hall–Kier alpha value is -1.32. The summed E-state index contributed by atoms with van der Waals surface area (Å²) in [6.07, 6.45) is 3.95. The Kier molecular flexibility index (Phi) is 1.65. The maximum Gasteiger partial charge on any atom is 0.310 e. The van der Waals surface area contributed by atoms with E-state index in [0.717, 1.165) is 0 Å². The number of ether oxygens (including phenoxy) is 1. The Morgan fingerprint density at radius 3 is 2.62 bits per heavy atom. The van der Waals surface area contributed by atoms with Gasteiger partial charge >= 0.3 is 11.9 Å². The first kappa shape index (κ1) is 9.87. The summed E-state index contributed by atoms with van der Waals surface area (Å²) in [5.74, 6) is -2.13. The molecule has 0 spiro atoms. The van der Waals surface area contributed by atoms with Gasteiger partial charge in [0.2, 0.25) is 0 Å². The Bertz CT molecular complexity index is 409. The van der Waals surface area contributed by atoms with E-state index in [9.17, 15) is 14.7 Å². The summed E-state index contributed by atoms with van der Waals surface area (Å²) < 4.78 is 5.38. The van der Waals surface area contributed by atoms with Crippen LogP contribution in [0.15, 0.2) is 12.2 Å². The topological polar surface area (TPSA) is 63.6 Å². The molecule has 3 aliphatic rings. The number of hydrogen-bond donors (Lipinski definition) is 1. The predicted molar refractivity (Wildman–Crippen MR) is 54.4 cm³/mol. The minimum Gasteiger partial charge on any atom is -0.481 e. The van der Waals surface area contributed by atoms with Crippen molar-refractivity contribution in [1.29, 1.82) is 0 Å². The first-order valence-corrected chi connectivity index (χ1v) is 5.57. The van der Waals surface area contributed by atoms with Crippen LogP contribution in [0.4, 0.5) is 0 Å². The van der Waals surface area contributed by atoms with Gasteiger partial charge in [-0.2, -0.15) is 0 Å². The zero-order valence-corrected chi connectivity index (χ0v) is 9.21. The molecular weight excluding hydrogens is 208 g/mol. The number of hydrogen-bond acceptors (Lipinski definition) is 3. The molecular formula is C12H14O4. The summed E-state index contributed by atoms with van der Waals surface area (Å²) in [5, 5.41) is 9.23. The van der Waals surface area contributed by atoms with Gasteiger partial charge in [-0.15, -0.1) is 0 Å². The van der Waals surface area contributed by atoms with E-state index >= 15 is 0 Å². The molecule has 86 valence electrons. The summed E-state index contributed by atoms with van der Waals surface area (Å²) in [7, 11) is 0. The number of carboxylic acid groups (broad SMARTS) is 1. The van der Waals surface area contributed by atoms with E-state index in [1.165, 1.54) is 0 Å². The van der Waals surface area contributed by atoms with Gasteiger partial charge in [0, 0.05) is 5.92 Å². The third-order valence-electron chi connectivity index (χ3n) is 4.32. The van der Waals surface area contributed by atoms with Gasteiger partial charge in [0.15, 0.2) is 0 Å². The maximum atomic E-state index is 11.9. The van der Waals surface area contributed by atoms with E-state index in [1.54, 1.807) is 0 Å². The predicted octanol–water partition coefficient (Wildman–Crippen LogP) is 1.07. The molecule has 1 N–H and O–H groups in total. The van der Waals surface area contributed by atoms with Gasteiger partial charge < -0.3 is 9.84 Å². The van der Waals surface area contributed by atoms with Crippen molar-refractivity contribution in [3.05, 3.63) is 12.2 Å². The molecule has 0 aromatic heterocycles. The molecule has 0 radical (unpaired) electrons. The third kappa shape index (κ3) is 0.950. The number of esters is 1. The molecule has 0 amide bonds. The van der Waals surface area contributed by atoms with Crippen LogP contribution in [-0.4, -0.2) is 22.6 Å². The Morgan fingerprint density at radius 2 is 2.00 bits per heavy atom. The molecule has 0 aromatic carbocycles. The second-order valence-electron chi connectivity index (χ2n) is 5.48. The van der Waals surface area contributed by atoms with Crippen LogP contribution < -0.4 is 0 Å². The SMILES string of the molecule is CC1(C)OC(=O)[C@@H]2[C@@H]3C=C[C@H]([C@@H]2C(=O)O)[C@@H]31. The summed E-state index contributed by atoms with van der Waals surface area (Å²) in [6.45, 7) is 3.76. The second kappa shape index (κ2) is 2.67. The van der Waals surface area contributed by atoms with E-state index in [1.807, 2.05) is 26.0 Å². The van der Waals surface area contributed by atoms with Crippen LogP contribution in [0.5, 0.6) is 0 Å². The van der Waals surface area contributed by atoms with Crippen LogP contribution in [-0.2, 0) is 14.3 Å². The molecule has 3 rings (SSSR count). The minimum absolute atomic E-state index is 0.0473. The molecule has 4 nitrogen and oxygen atoms in total. The zero-order chi connectivity index (χ0) is 11.7. The Morgan fingerprint density at radius 1 is 1.38 bits per heavy atom. The van der Waals surface area contributed by atoms with Gasteiger partial charge in [-0.25, -0.2) is 0 Å². The molecule has 2 aliphatic carbocycles. The number of carbonyl (C=O) groups excluding carboxylic acids is 1. The summed E-state index contributed by atoms with van der Waals surface area (Å²) in [4.78, 5) is 23.1. The molecule has 0 aromatic rings. The average Bonchev–Trinajstić information content (AvgIpc) is 2.67. The highest BCUT2D eigenvalue weighted by Gasteiger charge is 2.66. The molecule has 1 saturated carbocycles. The molecule has 5 atom stereocenters. The lowest BCUT2D eigenvalue weighted by Crippen LogP contribution is -2.46. The number of carbonyl (C=O) groups is 2. The minimum atomic E-state index is -0.874. The highest BCUT2D eigenvalue weighted by atomic mass is 16.6. The van der Waals surface area contributed by atoms with Gasteiger partial charge in [0.25, 0.3) is 0 Å². The highest BCUT2D eigenvalue weighted by molar-refractivity contribution is 5.85. The lowest BCUT2D eigenvalue weighted by Gasteiger charge is -2.39. The van der Waals surface area contributed by atoms with Crippen LogP contribution >= 0.6 is 0 Å². The van der Waals surface area contributed by atoms with Crippen molar-refractivity contribution in [2.75, 3.05) is 0 Å². The molecule has 16 heavy (non-hydrogen) atoms. The quantitative estimate of drug-likeness (QED) is 0.532. The number of cyclic esters (lactones) is 1. The van der Waals surface area contributed by atoms with E-state index in [2.05, 4.69) is 0 Å². The third-order valence-corrected chi connectivity index (χ3v) is 4.32. The van der Waals surface area contributed by atoms with E-state index in [4.69, 9.17) is 4.74 Å². The summed E-state index contributed by atoms with van der Waals surface area (Å²) in [5.41, 5.74) is -0.545. The van der Waals surface area contributed by atoms with Crippen molar-refractivity contribution in [2.45, 2.75) is 19.4 Å². The van der Waals surface area contributed by atoms with E-state index < -0.39 is 23.4 Å². The first-order valence-electron chi connectivity index (χ1n) is 5.57. The summed E-state index contributed by atoms with van der Waals surface area (Å²) >= 11 is 0. The van der Waals surface area contributed by atoms with Gasteiger partial charge in [-0.3, -0.25) is 9.59 Å². The van der Waals surface area contributed by atoms with Crippen LogP contribution in [0.3, 0.4) is 0 Å². The van der Waals surface area contributed by atoms with E-state index in [0.29, 0.717) is 0 Å². The molecule has 4 heteroatoms. The fourth-order valence-corrected chi connectivity index (χ4v) is 3.86. The fourth-order valence-electron chi connectivity index (χ4n) is 3.86. The molecule has 1 heterocycles. The van der Waals surface area contributed by atoms with E-state index in [-0.39, 0.29) is 23.7 Å². The maximum absolute atomic E-state index is 11.9. The molecule has 1 aliphatic heterocycles. The average molecular weight is 222 g/mol. The number of rotatable bonds is 1. The van der Waals surface area contributed by atoms with Crippen molar-refractivity contribution in [3.8, 4) is 0 Å². The lowest BCUT2D eigenvalue weighted by atomic mass is 9.78. The largest absolute Gasteiger partial charge is 0.481 e. The normalized spacial score (nSPS) is 46.9. The van der Waals surface area contributed by atoms with Crippen LogP contribution in [0.2, 0.25) is 0 Å². The number of carboxylic acids is 1. The summed E-state index contributed by atoms with van der Waals surface area (Å²) in [6, 6.07) is 0. The fraction of sp³-hybridized carbons (Fsp3) is 0.667. The van der Waals surface area contributed by atoms with Crippen molar-refractivity contribution >= 4 is 11.9 Å². The van der Waals surface area contributed by atoms with Gasteiger partial charge in [-0.1, -0.05) is 12.2 Å². The van der Waals surface area contributed by atoms with Crippen molar-refractivity contribution in [1.82, 2.24) is 0 Å². The van der Waals surface area contributed by atoms with Crippen molar-refractivity contribution in [2.24, 2.45) is 29.6 Å². The van der Waals surface area contributed by atoms with Crippen LogP contribution in [0, 0.1) is 29.6 Å². The van der Waals surface area contributed by atoms with Crippen LogP contribution in [0.1, 0.15) is 13.8 Å². The number of aliphatic carboxylic acids is 1. The second-order valence-corrected chi connectivity index (χ2v) is 5.48. The van der Waals surface area contributed by atoms with Gasteiger partial charge in [0.1, 0.15) is 5.60 Å². The standard InChI is InChI=1S/C12H14O4/c1-12(2)9-5-3-4-6(9)8(11(15)16-12)7(5)10(13)14/h3-9H,1-2H3,(H,13,14)/t5-,6+,7+,8-,9+/m1/s1. The zero-order valence-electron chi connectivity index (χ0n) is 9.21. The van der Waals surface area contributed by atoms with Gasteiger partial charge in [-0.05, 0) is 25.7 Å². The van der Waals surface area contributed by atoms with Crippen molar-refractivity contribution < 1.29 is 19.4 Å². The molecule has 4 bridgehead atoms. The van der Waals surface area contributed by atoms with Gasteiger partial charge in [0.05, 0.1) is 11.8 Å². The van der Waals surface area contributed by atoms with Crippen LogP contribution in [0.25, 0.3) is 0 Å². The monoisotopic (exact) mass is 222 g/mol. The molecule has 0 unspecified atom stereocenters. The first-order chi connectivity index (χ1) is 7.43. The van der Waals surface area contributed by atoms with Crippen molar-refractivity contribution in [3.63, 3.8) is 0 Å². The Labute approximate surface area is 93.3 Å². The molecule has 2 fully saturated rings. The highest BCUT2D eigenvalue weighted by Crippen LogP contribution is 2.60. The molecule has 1 saturated heterocycles. The Balaban J connectivity index is 2.10. The smallest absolute Gasteiger partial charge is 0.310 e.